The van der Waals surface area contributed by atoms with Crippen molar-refractivity contribution in [2.24, 2.45) is 17.4 Å². The molecule has 1 saturated carbocycles. The van der Waals surface area contributed by atoms with Gasteiger partial charge in [-0.25, -0.2) is 4.79 Å². The number of carboxylic acid groups (broad SMARTS) is 2. The lowest BCUT2D eigenvalue weighted by atomic mass is 9.80. The molecule has 2 aliphatic rings. The molecule has 2 amide bonds. The number of rotatable bonds is 8. The summed E-state index contributed by atoms with van der Waals surface area (Å²) in [6.07, 6.45) is 6.19. The lowest BCUT2D eigenvalue weighted by molar-refractivity contribution is -0.160. The van der Waals surface area contributed by atoms with Crippen molar-refractivity contribution in [1.82, 2.24) is 15.2 Å². The predicted octanol–water partition coefficient (Wildman–Crippen LogP) is 0.605. The van der Waals surface area contributed by atoms with Gasteiger partial charge in [0.25, 0.3) is 0 Å². The Labute approximate surface area is 215 Å². The van der Waals surface area contributed by atoms with Gasteiger partial charge in [-0.3, -0.25) is 30.1 Å². The molecule has 0 spiro atoms. The summed E-state index contributed by atoms with van der Waals surface area (Å²) in [5.41, 5.74) is 9.67. The zero-order valence-electron chi connectivity index (χ0n) is 19.1. The van der Waals surface area contributed by atoms with Crippen LogP contribution in [0.25, 0.3) is 0 Å². The van der Waals surface area contributed by atoms with Crippen LogP contribution in [-0.2, 0) is 14.4 Å². The summed E-state index contributed by atoms with van der Waals surface area (Å²) in [6, 6.07) is 2.95. The summed E-state index contributed by atoms with van der Waals surface area (Å²) in [6.45, 7) is 0.00746. The number of carbonyl (C=O) groups is 4. The highest BCUT2D eigenvalue weighted by Gasteiger charge is 2.55. The second kappa shape index (κ2) is 14.4. The highest BCUT2D eigenvalue weighted by Crippen LogP contribution is 2.44. The van der Waals surface area contributed by atoms with Gasteiger partial charge in [0, 0.05) is 12.7 Å². The summed E-state index contributed by atoms with van der Waals surface area (Å²) in [7, 11) is 0. The lowest BCUT2D eigenvalue weighted by Gasteiger charge is -2.39. The third-order valence-corrected chi connectivity index (χ3v) is 6.00. The number of amidine groups is 1. The molecule has 1 aliphatic heterocycles. The molecule has 8 N–H and O–H groups in total. The molecular formula is C21H32Cl2N6O6. The number of halogens is 2. The summed E-state index contributed by atoms with van der Waals surface area (Å²) < 4.78 is 0. The van der Waals surface area contributed by atoms with Crippen molar-refractivity contribution in [2.45, 2.75) is 44.1 Å². The Bertz CT molecular complexity index is 877. The third kappa shape index (κ3) is 8.05. The van der Waals surface area contributed by atoms with Crippen LogP contribution in [0.15, 0.2) is 18.3 Å². The van der Waals surface area contributed by atoms with Crippen molar-refractivity contribution in [3.05, 3.63) is 29.6 Å². The zero-order chi connectivity index (χ0) is 24.6. The number of nitrogens with two attached hydrogens (primary N) is 2. The fourth-order valence-corrected chi connectivity index (χ4v) is 4.48. The Morgan fingerprint density at radius 1 is 1.09 bits per heavy atom. The molecule has 12 nitrogen and oxygen atoms in total. The number of amides is 2. The van der Waals surface area contributed by atoms with Crippen LogP contribution in [0.1, 0.15) is 54.6 Å². The first kappa shape index (κ1) is 32.0. The molecule has 0 aromatic carbocycles. The number of hydrogen-bond donors (Lipinski definition) is 6. The lowest BCUT2D eigenvalue weighted by Crippen LogP contribution is -2.58. The van der Waals surface area contributed by atoms with E-state index in [-0.39, 0.29) is 55.6 Å². The van der Waals surface area contributed by atoms with Gasteiger partial charge in [0.2, 0.25) is 11.8 Å². The van der Waals surface area contributed by atoms with Crippen LogP contribution < -0.4 is 16.8 Å². The molecule has 0 radical (unpaired) electrons. The van der Waals surface area contributed by atoms with Crippen LogP contribution in [0.4, 0.5) is 0 Å². The molecule has 3 rings (SSSR count). The number of nitrogens with one attached hydrogen (secondary N) is 2. The number of likely N-dealkylation sites (tertiary alicyclic amines) is 1. The Balaban J connectivity index is 0.000000712. The summed E-state index contributed by atoms with van der Waals surface area (Å²) in [5, 5.41) is 27.9. The topological polar surface area (TPSA) is 213 Å². The maximum atomic E-state index is 12.3. The van der Waals surface area contributed by atoms with Gasteiger partial charge >= 0.3 is 11.9 Å². The first-order valence-electron chi connectivity index (χ1n) is 10.7. The van der Waals surface area contributed by atoms with E-state index in [9.17, 15) is 24.3 Å². The molecule has 1 aliphatic carbocycles. The van der Waals surface area contributed by atoms with Crippen LogP contribution in [0, 0.1) is 11.3 Å². The molecule has 1 aromatic heterocycles. The molecule has 1 atom stereocenters. The molecule has 0 bridgehead atoms. The van der Waals surface area contributed by atoms with Gasteiger partial charge in [0.05, 0.1) is 18.7 Å². The number of primary amides is 1. The normalized spacial score (nSPS) is 18.9. The summed E-state index contributed by atoms with van der Waals surface area (Å²) in [5.74, 6) is -2.93. The molecule has 1 saturated heterocycles. The number of aromatic nitrogens is 1. The third-order valence-electron chi connectivity index (χ3n) is 6.00. The van der Waals surface area contributed by atoms with Crippen LogP contribution in [0.3, 0.4) is 0 Å². The van der Waals surface area contributed by atoms with Crippen LogP contribution in [-0.4, -0.2) is 74.9 Å². The summed E-state index contributed by atoms with van der Waals surface area (Å²) >= 11 is 0. The van der Waals surface area contributed by atoms with E-state index in [2.05, 4.69) is 10.3 Å². The van der Waals surface area contributed by atoms with Crippen molar-refractivity contribution in [2.75, 3.05) is 19.6 Å². The fourth-order valence-electron chi connectivity index (χ4n) is 4.48. The molecule has 0 unspecified atom stereocenters. The number of nitrogens with zero attached hydrogens (tertiary/aromatic N) is 2. The second-order valence-electron chi connectivity index (χ2n) is 8.07. The molecule has 1 aromatic rings. The smallest absolute Gasteiger partial charge is 0.329 e. The number of carbonyl (C=O) groups excluding carboxylic acids is 2. The van der Waals surface area contributed by atoms with Crippen LogP contribution >= 0.6 is 24.8 Å². The molecule has 14 heteroatoms. The number of carboxylic acids is 2. The van der Waals surface area contributed by atoms with Gasteiger partial charge in [-0.15, -0.1) is 24.8 Å². The minimum atomic E-state index is -1.08. The quantitative estimate of drug-likeness (QED) is 0.203. The van der Waals surface area contributed by atoms with Crippen molar-refractivity contribution in [1.29, 1.82) is 5.41 Å². The Morgan fingerprint density at radius 3 is 2.17 bits per heavy atom. The number of aliphatic carboxylic acids is 2. The van der Waals surface area contributed by atoms with E-state index in [1.807, 2.05) is 0 Å². The van der Waals surface area contributed by atoms with E-state index < -0.39 is 23.4 Å². The first-order valence-corrected chi connectivity index (χ1v) is 10.7. The maximum Gasteiger partial charge on any atom is 0.329 e. The largest absolute Gasteiger partial charge is 0.480 e. The average Bonchev–Trinajstić information content (AvgIpc) is 3.44. The van der Waals surface area contributed by atoms with E-state index in [0.717, 1.165) is 25.7 Å². The highest BCUT2D eigenvalue weighted by atomic mass is 35.5. The monoisotopic (exact) mass is 534 g/mol. The van der Waals surface area contributed by atoms with E-state index in [4.69, 9.17) is 22.0 Å². The molecule has 196 valence electrons. The summed E-state index contributed by atoms with van der Waals surface area (Å²) in [4.78, 5) is 50.5. The second-order valence-corrected chi connectivity index (χ2v) is 8.07. The predicted molar refractivity (Wildman–Crippen MR) is 132 cm³/mol. The van der Waals surface area contributed by atoms with Crippen molar-refractivity contribution in [3.63, 3.8) is 0 Å². The van der Waals surface area contributed by atoms with E-state index >= 15 is 0 Å². The number of hydrogen-bond acceptors (Lipinski definition) is 7. The van der Waals surface area contributed by atoms with E-state index in [1.54, 1.807) is 0 Å². The van der Waals surface area contributed by atoms with Crippen molar-refractivity contribution < 1.29 is 29.4 Å². The zero-order valence-corrected chi connectivity index (χ0v) is 20.7. The molecule has 2 fully saturated rings. The minimum absolute atomic E-state index is 0. The standard InChI is InChI=1S/C14H22N2O5.C7H8N4O.2ClH/c17-11(8-15-9-12(18)19)16-7-3-6-14(16,13(20)21)10-4-1-2-5-10;8-6(9)5-2-1-4(3-11-5)7(10)12;;/h10,15H,1-9H2,(H,18,19)(H,20,21);1-3H,(H3,8,9)(H2,10,12);2*1H/t14-;;;/m1.../s1. The fraction of sp³-hybridized carbons (Fsp3) is 0.524. The minimum Gasteiger partial charge on any atom is -0.480 e. The number of pyridine rings is 1. The molecule has 2 heterocycles. The van der Waals surface area contributed by atoms with Crippen molar-refractivity contribution in [3.8, 4) is 0 Å². The highest BCUT2D eigenvalue weighted by molar-refractivity contribution is 5.95. The van der Waals surface area contributed by atoms with Gasteiger partial charge in [-0.1, -0.05) is 12.8 Å². The van der Waals surface area contributed by atoms with Gasteiger partial charge < -0.3 is 26.6 Å². The van der Waals surface area contributed by atoms with Crippen LogP contribution in [0.5, 0.6) is 0 Å². The Kier molecular flexibility index (Phi) is 13.2. The van der Waals surface area contributed by atoms with E-state index in [0.29, 0.717) is 30.6 Å². The Morgan fingerprint density at radius 2 is 1.71 bits per heavy atom. The molecular weight excluding hydrogens is 503 g/mol. The maximum absolute atomic E-state index is 12.3. The Hall–Kier alpha value is -2.96. The van der Waals surface area contributed by atoms with Gasteiger partial charge in [0.1, 0.15) is 17.1 Å². The van der Waals surface area contributed by atoms with Gasteiger partial charge in [-0.2, -0.15) is 0 Å². The van der Waals surface area contributed by atoms with Crippen molar-refractivity contribution >= 4 is 54.4 Å². The first-order chi connectivity index (χ1) is 15.6. The van der Waals surface area contributed by atoms with Gasteiger partial charge in [-0.05, 0) is 43.7 Å². The van der Waals surface area contributed by atoms with Crippen LogP contribution in [0.2, 0.25) is 0 Å². The van der Waals surface area contributed by atoms with Gasteiger partial charge in [0.15, 0.2) is 0 Å². The number of nitrogen functional groups attached to an aromatic ring is 1. The molecule has 35 heavy (non-hydrogen) atoms. The SMILES string of the molecule is Cl.Cl.N=C(N)c1ccc(C(N)=O)cn1.O=C(O)CNCC(=O)N1CCC[C@]1(C(=O)O)C1CCCC1. The average molecular weight is 535 g/mol. The van der Waals surface area contributed by atoms with E-state index in [1.165, 1.54) is 23.2 Å².